The van der Waals surface area contributed by atoms with Crippen LogP contribution in [0, 0.1) is 11.8 Å². The van der Waals surface area contributed by atoms with Crippen LogP contribution in [0.5, 0.6) is 0 Å². The van der Waals surface area contributed by atoms with Crippen molar-refractivity contribution in [2.75, 3.05) is 13.2 Å². The molecule has 1 fully saturated rings. The zero-order valence-corrected chi connectivity index (χ0v) is 26.6. The monoisotopic (exact) mass is 746 g/mol. The van der Waals surface area contributed by atoms with Gasteiger partial charge in [0.2, 0.25) is 0 Å². The zero-order valence-electron chi connectivity index (χ0n) is 23.9. The molecule has 1 saturated heterocycles. The van der Waals surface area contributed by atoms with E-state index in [1.807, 2.05) is 0 Å². The molecule has 2 heterocycles. The summed E-state index contributed by atoms with van der Waals surface area (Å²) in [4.78, 5) is 50.1. The molecule has 3 rings (SSSR count). The van der Waals surface area contributed by atoms with Crippen molar-refractivity contribution >= 4 is 33.2 Å². The Labute approximate surface area is 266 Å². The SMILES string of the molecule is O=C(NCC#CCc1cn([C@H]2CC[C@@H](COP(OO)(OOO)(P(=O)=O)P(=O)=O)O2)c(=O)[nH]c1=O)c1ccc(CNC(=O)C(F)(F)F)cc1. The molecule has 19 nitrogen and oxygen atoms in total. The summed E-state index contributed by atoms with van der Waals surface area (Å²) in [7, 11) is -8.79. The van der Waals surface area contributed by atoms with E-state index in [0.717, 1.165) is 10.8 Å². The smallest absolute Gasteiger partial charge is 0.344 e. The van der Waals surface area contributed by atoms with Crippen molar-refractivity contribution in [3.05, 3.63) is 68.0 Å². The molecule has 262 valence electrons. The molecule has 0 saturated carbocycles. The summed E-state index contributed by atoms with van der Waals surface area (Å²) < 4.78 is 103. The third-order valence-corrected chi connectivity index (χ3v) is 16.2. The van der Waals surface area contributed by atoms with Gasteiger partial charge in [-0.2, -0.15) is 13.2 Å². The summed E-state index contributed by atoms with van der Waals surface area (Å²) >= 11 is 0. The molecule has 25 heteroatoms. The van der Waals surface area contributed by atoms with Gasteiger partial charge in [0.05, 0.1) is 0 Å². The first-order chi connectivity index (χ1) is 22.6. The minimum Gasteiger partial charge on any atom is -0.344 e. The maximum Gasteiger partial charge on any atom is 0.471 e. The van der Waals surface area contributed by atoms with Gasteiger partial charge < -0.3 is 10.6 Å². The second kappa shape index (κ2) is 16.0. The molecule has 5 N–H and O–H groups in total. The molecule has 0 spiro atoms. The van der Waals surface area contributed by atoms with E-state index in [2.05, 4.69) is 36.5 Å². The van der Waals surface area contributed by atoms with E-state index in [9.17, 15) is 50.6 Å². The number of nitrogens with one attached hydrogen (secondary N) is 3. The topological polar surface area (TPSA) is 268 Å². The number of halogens is 3. The Balaban J connectivity index is 1.58. The van der Waals surface area contributed by atoms with Crippen LogP contribution >= 0.6 is 21.4 Å². The number of carbonyl (C=O) groups excluding carboxylic acids is 2. The van der Waals surface area contributed by atoms with E-state index >= 15 is 0 Å². The van der Waals surface area contributed by atoms with E-state index in [1.54, 1.807) is 5.32 Å². The summed E-state index contributed by atoms with van der Waals surface area (Å²) in [5.74, 6) is 2.57. The first kappa shape index (κ1) is 38.6. The Morgan fingerprint density at radius 1 is 1.06 bits per heavy atom. The number of benzene rings is 1. The van der Waals surface area contributed by atoms with Gasteiger partial charge in [-0.15, -0.1) is 0 Å². The fourth-order valence-electron chi connectivity index (χ4n) is 3.98. The van der Waals surface area contributed by atoms with E-state index in [0.29, 0.717) is 5.56 Å². The van der Waals surface area contributed by atoms with Gasteiger partial charge in [-0.05, 0) is 17.7 Å². The maximum atomic E-state index is 12.5. The second-order valence-corrected chi connectivity index (χ2v) is 19.7. The molecule has 2 atom stereocenters. The zero-order chi connectivity index (χ0) is 35.7. The molecule has 1 aliphatic heterocycles. The molecule has 1 aromatic carbocycles. The third kappa shape index (κ3) is 8.78. The molecule has 48 heavy (non-hydrogen) atoms. The fourth-order valence-corrected chi connectivity index (χ4v) is 8.43. The summed E-state index contributed by atoms with van der Waals surface area (Å²) in [6, 6.07) is 5.35. The Kier molecular flexibility index (Phi) is 12.9. The van der Waals surface area contributed by atoms with Crippen LogP contribution in [0.2, 0.25) is 0 Å². The first-order valence-corrected chi connectivity index (χ1v) is 18.8. The molecular formula is C23H24F3N4O15P3. The van der Waals surface area contributed by atoms with Gasteiger partial charge in [0, 0.05) is 12.1 Å². The molecule has 2 amide bonds. The Bertz CT molecular complexity index is 1810. The Morgan fingerprint density at radius 3 is 2.31 bits per heavy atom. The van der Waals surface area contributed by atoms with Crippen molar-refractivity contribution in [3.63, 3.8) is 0 Å². The molecule has 1 aromatic heterocycles. The quantitative estimate of drug-likeness (QED) is 0.0805. The molecule has 0 aliphatic carbocycles. The number of hydrogen-bond donors (Lipinski definition) is 5. The molecular weight excluding hydrogens is 722 g/mol. The van der Waals surface area contributed by atoms with Crippen LogP contribution in [0.25, 0.3) is 0 Å². The van der Waals surface area contributed by atoms with Gasteiger partial charge in [-0.25, -0.2) is 0 Å². The predicted molar refractivity (Wildman–Crippen MR) is 151 cm³/mol. The molecule has 2 aromatic rings. The number of hydrogen-bond acceptors (Lipinski definition) is 15. The van der Waals surface area contributed by atoms with Crippen LogP contribution in [0.3, 0.4) is 0 Å². The van der Waals surface area contributed by atoms with Crippen molar-refractivity contribution < 1.29 is 75.2 Å². The van der Waals surface area contributed by atoms with Gasteiger partial charge in [0.25, 0.3) is 5.91 Å². The summed E-state index contributed by atoms with van der Waals surface area (Å²) in [5, 5.41) is 25.0. The number of nitrogens with zero attached hydrogens (tertiary/aromatic N) is 1. The van der Waals surface area contributed by atoms with Crippen molar-refractivity contribution in [2.45, 2.75) is 44.3 Å². The van der Waals surface area contributed by atoms with Crippen LogP contribution in [0.1, 0.15) is 40.6 Å². The standard InChI is InChI=1S/C23H24F3N4O15P3/c24-23(25,26)21(33)28-11-14-4-6-15(7-5-14)19(31)27-10-2-1-3-16-12-30(22(34)29-20(16)32)18-9-8-17(42-18)13-41-48(44-36,45-43-35,46(37)38)47(39)40/h4-7,12,17-18,35-36H,3,8-11,13H2,(H,27,31)(H,28,33)(H,29,32,34)/t17-,18+/m0/s1. The maximum absolute atomic E-state index is 12.5. The van der Waals surface area contributed by atoms with E-state index in [-0.39, 0.29) is 36.9 Å². The van der Waals surface area contributed by atoms with Gasteiger partial charge >= 0.3 is 185 Å². The normalized spacial score (nSPS) is 17.0. The van der Waals surface area contributed by atoms with Crippen LogP contribution < -0.4 is 21.9 Å². The Morgan fingerprint density at radius 2 is 1.73 bits per heavy atom. The van der Waals surface area contributed by atoms with E-state index in [4.69, 9.17) is 19.8 Å². The van der Waals surface area contributed by atoms with Crippen molar-refractivity contribution in [3.8, 4) is 11.8 Å². The number of carbonyl (C=O) groups is 2. The number of aromatic nitrogens is 2. The van der Waals surface area contributed by atoms with Gasteiger partial charge in [0.1, 0.15) is 0 Å². The molecule has 1 aliphatic rings. The van der Waals surface area contributed by atoms with Crippen molar-refractivity contribution in [1.29, 1.82) is 0 Å². The minimum atomic E-state index is -6.52. The number of aromatic amines is 1. The Hall–Kier alpha value is -3.86. The number of rotatable bonds is 14. The average molecular weight is 746 g/mol. The number of H-pyrrole nitrogens is 1. The van der Waals surface area contributed by atoms with Gasteiger partial charge in [0.15, 0.2) is 0 Å². The predicted octanol–water partition coefficient (Wildman–Crippen LogP) is 2.77. The first-order valence-electron chi connectivity index (χ1n) is 13.0. The largest absolute Gasteiger partial charge is 0.471 e. The van der Waals surface area contributed by atoms with Crippen molar-refractivity contribution in [1.82, 2.24) is 20.2 Å². The summed E-state index contributed by atoms with van der Waals surface area (Å²) in [5.41, 5.74) is -1.21. The van der Waals surface area contributed by atoms with Crippen LogP contribution in [0.15, 0.2) is 40.1 Å². The van der Waals surface area contributed by atoms with Crippen molar-refractivity contribution in [2.24, 2.45) is 0 Å². The van der Waals surface area contributed by atoms with Gasteiger partial charge in [-0.3, -0.25) is 9.59 Å². The van der Waals surface area contributed by atoms with Crippen LogP contribution in [-0.2, 0) is 59.7 Å². The summed E-state index contributed by atoms with van der Waals surface area (Å²) in [6.45, 7) is -8.01. The number of alkyl halides is 3. The molecule has 0 unspecified atom stereocenters. The number of ether oxygens (including phenoxy) is 1. The summed E-state index contributed by atoms with van der Waals surface area (Å²) in [6.07, 6.45) is -6.16. The third-order valence-electron chi connectivity index (χ3n) is 6.43. The number of amides is 2. The fraction of sp³-hybridized carbons (Fsp3) is 0.391. The van der Waals surface area contributed by atoms with Crippen LogP contribution in [-0.4, -0.2) is 57.3 Å². The average Bonchev–Trinajstić information content (AvgIpc) is 3.51. The van der Waals surface area contributed by atoms with Gasteiger partial charge in [-0.1, -0.05) is 12.1 Å². The molecule has 0 bridgehead atoms. The van der Waals surface area contributed by atoms with E-state index < -0.39 is 76.1 Å². The van der Waals surface area contributed by atoms with E-state index in [1.165, 1.54) is 24.3 Å². The van der Waals surface area contributed by atoms with Crippen LogP contribution in [0.4, 0.5) is 13.2 Å². The minimum absolute atomic E-state index is 0.00346. The second-order valence-electron chi connectivity index (χ2n) is 9.51. The molecule has 0 radical (unpaired) electrons.